The summed E-state index contributed by atoms with van der Waals surface area (Å²) in [6.45, 7) is 0. The third-order valence-corrected chi connectivity index (χ3v) is 2.36. The molecular weight excluding hydrogens is 166 g/mol. The van der Waals surface area contributed by atoms with Crippen molar-refractivity contribution >= 4 is 11.6 Å². The summed E-state index contributed by atoms with van der Waals surface area (Å²) in [7, 11) is 0. The van der Waals surface area contributed by atoms with Crippen LogP contribution in [0.15, 0.2) is 16.2 Å². The first-order chi connectivity index (χ1) is 5.31. The molecule has 0 radical (unpaired) electrons. The SMILES string of the molecule is [N-]=[N+]=N[C@@H]1C[C@@H]2O[C@H]1C=C2Cl. The van der Waals surface area contributed by atoms with E-state index in [0.29, 0.717) is 0 Å². The Morgan fingerprint density at radius 2 is 2.64 bits per heavy atom. The van der Waals surface area contributed by atoms with E-state index in [1.807, 2.05) is 6.08 Å². The molecule has 1 fully saturated rings. The van der Waals surface area contributed by atoms with Gasteiger partial charge in [-0.05, 0) is 18.0 Å². The molecule has 0 aromatic carbocycles. The lowest BCUT2D eigenvalue weighted by Crippen LogP contribution is -2.16. The number of hydrogen-bond donors (Lipinski definition) is 0. The van der Waals surface area contributed by atoms with E-state index in [0.717, 1.165) is 11.5 Å². The van der Waals surface area contributed by atoms with Crippen LogP contribution < -0.4 is 0 Å². The Kier molecular flexibility index (Phi) is 1.53. The van der Waals surface area contributed by atoms with Crippen molar-refractivity contribution in [2.75, 3.05) is 0 Å². The van der Waals surface area contributed by atoms with Crippen molar-refractivity contribution in [1.29, 1.82) is 0 Å². The fourth-order valence-corrected chi connectivity index (χ4v) is 1.73. The summed E-state index contributed by atoms with van der Waals surface area (Å²) < 4.78 is 5.36. The molecule has 2 aliphatic heterocycles. The second-order valence-corrected chi connectivity index (χ2v) is 3.09. The molecule has 3 atom stereocenters. The summed E-state index contributed by atoms with van der Waals surface area (Å²) in [5.41, 5.74) is 8.17. The molecule has 4 nitrogen and oxygen atoms in total. The van der Waals surface area contributed by atoms with Gasteiger partial charge in [-0.3, -0.25) is 0 Å². The maximum atomic E-state index is 8.17. The van der Waals surface area contributed by atoms with E-state index in [4.69, 9.17) is 21.9 Å². The number of nitrogens with zero attached hydrogens (tertiary/aromatic N) is 3. The summed E-state index contributed by atoms with van der Waals surface area (Å²) in [6, 6.07) is -0.0486. The molecule has 0 aromatic heterocycles. The minimum Gasteiger partial charge on any atom is -0.365 e. The molecule has 0 aromatic rings. The third kappa shape index (κ3) is 0.997. The van der Waals surface area contributed by atoms with Gasteiger partial charge in [-0.2, -0.15) is 0 Å². The zero-order valence-electron chi connectivity index (χ0n) is 5.64. The Morgan fingerprint density at radius 3 is 3.09 bits per heavy atom. The predicted molar refractivity (Wildman–Crippen MR) is 40.1 cm³/mol. The van der Waals surface area contributed by atoms with Crippen LogP contribution >= 0.6 is 11.6 Å². The maximum absolute atomic E-state index is 8.17. The van der Waals surface area contributed by atoms with Crippen LogP contribution in [0.1, 0.15) is 6.42 Å². The zero-order valence-corrected chi connectivity index (χ0v) is 6.40. The first-order valence-corrected chi connectivity index (χ1v) is 3.76. The van der Waals surface area contributed by atoms with Crippen molar-refractivity contribution in [2.24, 2.45) is 5.11 Å². The number of ether oxygens (including phenoxy) is 1. The number of azide groups is 1. The lowest BCUT2D eigenvalue weighted by molar-refractivity contribution is 0.115. The van der Waals surface area contributed by atoms with E-state index in [1.54, 1.807) is 0 Å². The predicted octanol–water partition coefficient (Wildman–Crippen LogP) is 1.96. The standard InChI is InChI=1S/C6H6ClN3O/c7-3-1-6-4(9-10-8)2-5(3)11-6/h1,4-6H,2H2/t4-,5+,6+/m1/s1. The van der Waals surface area contributed by atoms with Crippen molar-refractivity contribution in [3.63, 3.8) is 0 Å². The van der Waals surface area contributed by atoms with Gasteiger partial charge in [0.2, 0.25) is 0 Å². The highest BCUT2D eigenvalue weighted by Gasteiger charge is 2.40. The maximum Gasteiger partial charge on any atom is 0.0941 e. The van der Waals surface area contributed by atoms with Crippen molar-refractivity contribution in [2.45, 2.75) is 24.7 Å². The van der Waals surface area contributed by atoms with Crippen LogP contribution in [0.25, 0.3) is 10.4 Å². The van der Waals surface area contributed by atoms with Gasteiger partial charge in [0.05, 0.1) is 18.2 Å². The van der Waals surface area contributed by atoms with E-state index < -0.39 is 0 Å². The van der Waals surface area contributed by atoms with E-state index in [-0.39, 0.29) is 18.2 Å². The van der Waals surface area contributed by atoms with Crippen LogP contribution in [0.4, 0.5) is 0 Å². The van der Waals surface area contributed by atoms with Crippen LogP contribution in [-0.4, -0.2) is 18.2 Å². The highest BCUT2D eigenvalue weighted by molar-refractivity contribution is 6.30. The highest BCUT2D eigenvalue weighted by atomic mass is 35.5. The lowest BCUT2D eigenvalue weighted by atomic mass is 10.0. The summed E-state index contributed by atoms with van der Waals surface area (Å²) >= 11 is 5.78. The second-order valence-electron chi connectivity index (χ2n) is 2.65. The summed E-state index contributed by atoms with van der Waals surface area (Å²) in [5, 5.41) is 4.34. The van der Waals surface area contributed by atoms with Gasteiger partial charge in [-0.25, -0.2) is 0 Å². The summed E-state index contributed by atoms with van der Waals surface area (Å²) in [6.07, 6.45) is 2.44. The smallest absolute Gasteiger partial charge is 0.0941 e. The first-order valence-electron chi connectivity index (χ1n) is 3.38. The Labute approximate surface area is 68.4 Å². The Balaban J connectivity index is 2.19. The molecule has 2 heterocycles. The van der Waals surface area contributed by atoms with Crippen LogP contribution in [-0.2, 0) is 4.74 Å². The van der Waals surface area contributed by atoms with Crippen LogP contribution in [0.3, 0.4) is 0 Å². The molecule has 1 saturated heterocycles. The zero-order chi connectivity index (χ0) is 7.84. The van der Waals surface area contributed by atoms with Crippen molar-refractivity contribution < 1.29 is 4.74 Å². The largest absolute Gasteiger partial charge is 0.365 e. The summed E-state index contributed by atoms with van der Waals surface area (Å²) in [5.74, 6) is 0. The van der Waals surface area contributed by atoms with Gasteiger partial charge >= 0.3 is 0 Å². The minimum absolute atomic E-state index is 0.0165. The average Bonchev–Trinajstić information content (AvgIpc) is 2.47. The second kappa shape index (κ2) is 2.41. The minimum atomic E-state index is -0.0802. The van der Waals surface area contributed by atoms with Gasteiger partial charge < -0.3 is 4.74 Å². The van der Waals surface area contributed by atoms with Gasteiger partial charge in [0.25, 0.3) is 0 Å². The van der Waals surface area contributed by atoms with Gasteiger partial charge in [0.1, 0.15) is 0 Å². The average molecular weight is 172 g/mol. The Bertz CT molecular complexity index is 259. The van der Waals surface area contributed by atoms with Crippen molar-refractivity contribution in [3.05, 3.63) is 21.6 Å². The molecule has 11 heavy (non-hydrogen) atoms. The van der Waals surface area contributed by atoms with Crippen LogP contribution in [0.5, 0.6) is 0 Å². The van der Waals surface area contributed by atoms with Gasteiger partial charge in [0.15, 0.2) is 0 Å². The third-order valence-electron chi connectivity index (χ3n) is 1.99. The molecule has 0 unspecified atom stereocenters. The Morgan fingerprint density at radius 1 is 1.82 bits per heavy atom. The lowest BCUT2D eigenvalue weighted by Gasteiger charge is -2.08. The highest BCUT2D eigenvalue weighted by Crippen LogP contribution is 2.37. The molecule has 2 bridgehead atoms. The summed E-state index contributed by atoms with van der Waals surface area (Å²) in [4.78, 5) is 2.73. The van der Waals surface area contributed by atoms with Gasteiger partial charge in [-0.15, -0.1) is 0 Å². The van der Waals surface area contributed by atoms with E-state index >= 15 is 0 Å². The van der Waals surface area contributed by atoms with Crippen LogP contribution in [0.2, 0.25) is 0 Å². The normalized spacial score (nSPS) is 40.1. The molecule has 2 rings (SSSR count). The molecule has 2 aliphatic rings. The molecule has 0 spiro atoms. The number of hydrogen-bond acceptors (Lipinski definition) is 2. The topological polar surface area (TPSA) is 58.0 Å². The number of halogens is 1. The van der Waals surface area contributed by atoms with E-state index in [2.05, 4.69) is 10.0 Å². The fourth-order valence-electron chi connectivity index (χ4n) is 1.46. The quantitative estimate of drug-likeness (QED) is 0.338. The number of rotatable bonds is 1. The molecular formula is C6H6ClN3O. The monoisotopic (exact) mass is 171 g/mol. The van der Waals surface area contributed by atoms with Crippen LogP contribution in [0, 0.1) is 0 Å². The molecule has 0 saturated carbocycles. The number of fused-ring (bicyclic) bond motifs is 2. The molecule has 0 aliphatic carbocycles. The van der Waals surface area contributed by atoms with E-state index in [9.17, 15) is 0 Å². The van der Waals surface area contributed by atoms with E-state index in [1.165, 1.54) is 0 Å². The van der Waals surface area contributed by atoms with Crippen molar-refractivity contribution in [3.8, 4) is 0 Å². The molecule has 0 amide bonds. The molecule has 0 N–H and O–H groups in total. The molecule has 58 valence electrons. The fraction of sp³-hybridized carbons (Fsp3) is 0.667. The van der Waals surface area contributed by atoms with Gasteiger partial charge in [-0.1, -0.05) is 16.7 Å². The van der Waals surface area contributed by atoms with Crippen molar-refractivity contribution in [1.82, 2.24) is 0 Å². The first kappa shape index (κ1) is 6.98. The Hall–Kier alpha value is -0.700. The molecule has 5 heteroatoms. The van der Waals surface area contributed by atoms with Gasteiger partial charge in [0, 0.05) is 9.94 Å².